The van der Waals surface area contributed by atoms with Crippen molar-refractivity contribution in [1.29, 1.82) is 0 Å². The van der Waals surface area contributed by atoms with E-state index in [9.17, 15) is 9.18 Å². The van der Waals surface area contributed by atoms with Crippen LogP contribution >= 0.6 is 23.2 Å². The van der Waals surface area contributed by atoms with Gasteiger partial charge < -0.3 is 10.1 Å². The van der Waals surface area contributed by atoms with E-state index >= 15 is 0 Å². The lowest BCUT2D eigenvalue weighted by atomic mass is 10.1. The maximum atomic E-state index is 14.0. The van der Waals surface area contributed by atoms with Crippen LogP contribution in [0.4, 0.5) is 10.2 Å². The average Bonchev–Trinajstić information content (AvgIpc) is 3.25. The first-order valence-electron chi connectivity index (χ1n) is 10.6. The lowest BCUT2D eigenvalue weighted by Crippen LogP contribution is -2.13. The molecule has 1 amide bonds. The van der Waals surface area contributed by atoms with Crippen LogP contribution in [0.25, 0.3) is 0 Å². The minimum absolute atomic E-state index is 0.155. The number of nitrogens with zero attached hydrogens (tertiary/aromatic N) is 2. The number of amides is 1. The van der Waals surface area contributed by atoms with E-state index in [1.165, 1.54) is 10.7 Å². The van der Waals surface area contributed by atoms with E-state index in [-0.39, 0.29) is 12.5 Å². The van der Waals surface area contributed by atoms with Gasteiger partial charge in [-0.1, -0.05) is 41.4 Å². The molecular weight excluding hydrogens is 476 g/mol. The highest BCUT2D eigenvalue weighted by atomic mass is 35.5. The van der Waals surface area contributed by atoms with Crippen molar-refractivity contribution in [2.24, 2.45) is 0 Å². The zero-order valence-electron chi connectivity index (χ0n) is 18.6. The summed E-state index contributed by atoms with van der Waals surface area (Å²) in [5.74, 6) is 0.399. The van der Waals surface area contributed by atoms with Gasteiger partial charge in [-0.3, -0.25) is 9.48 Å². The third kappa shape index (κ3) is 5.58. The fourth-order valence-corrected chi connectivity index (χ4v) is 3.79. The summed E-state index contributed by atoms with van der Waals surface area (Å²) in [6.07, 6.45) is 1.65. The smallest absolute Gasteiger partial charge is 0.256 e. The SMILES string of the molecule is Cc1cc(OCc2ccc(C(=O)Nc3ccn(Cc4c(F)cccc4Cl)n3)cc2)cc(C)c1Cl. The van der Waals surface area contributed by atoms with Gasteiger partial charge in [0.1, 0.15) is 18.2 Å². The van der Waals surface area contributed by atoms with Crippen molar-refractivity contribution in [3.63, 3.8) is 0 Å². The molecule has 8 heteroatoms. The molecular formula is C26H22Cl2FN3O2. The molecule has 0 saturated heterocycles. The number of nitrogens with one attached hydrogen (secondary N) is 1. The fourth-order valence-electron chi connectivity index (χ4n) is 3.46. The number of hydrogen-bond donors (Lipinski definition) is 1. The molecule has 0 fully saturated rings. The minimum atomic E-state index is -0.404. The molecule has 0 spiro atoms. The van der Waals surface area contributed by atoms with Crippen LogP contribution in [0.3, 0.4) is 0 Å². The van der Waals surface area contributed by atoms with E-state index < -0.39 is 5.82 Å². The number of benzene rings is 3. The van der Waals surface area contributed by atoms with Gasteiger partial charge in [-0.25, -0.2) is 4.39 Å². The van der Waals surface area contributed by atoms with Gasteiger partial charge in [0.2, 0.25) is 0 Å². The molecule has 34 heavy (non-hydrogen) atoms. The Labute approximate surface area is 207 Å². The number of carbonyl (C=O) groups excluding carboxylic acids is 1. The van der Waals surface area contributed by atoms with E-state index in [1.807, 2.05) is 38.1 Å². The molecule has 4 rings (SSSR count). The number of hydrogen-bond acceptors (Lipinski definition) is 3. The van der Waals surface area contributed by atoms with Crippen molar-refractivity contribution >= 4 is 34.9 Å². The number of carbonyl (C=O) groups is 1. The Morgan fingerprint density at radius 1 is 1.06 bits per heavy atom. The van der Waals surface area contributed by atoms with Crippen molar-refractivity contribution in [3.05, 3.63) is 111 Å². The first-order chi connectivity index (χ1) is 16.3. The van der Waals surface area contributed by atoms with Crippen LogP contribution < -0.4 is 10.1 Å². The third-order valence-electron chi connectivity index (χ3n) is 5.30. The number of ether oxygens (including phenoxy) is 1. The fraction of sp³-hybridized carbons (Fsp3) is 0.154. The Morgan fingerprint density at radius 3 is 2.44 bits per heavy atom. The molecule has 0 bridgehead atoms. The minimum Gasteiger partial charge on any atom is -0.489 e. The summed E-state index contributed by atoms with van der Waals surface area (Å²) in [7, 11) is 0. The first kappa shape index (κ1) is 23.8. The number of aryl methyl sites for hydroxylation is 2. The van der Waals surface area contributed by atoms with Crippen LogP contribution in [0.5, 0.6) is 5.75 Å². The molecule has 0 aliphatic heterocycles. The predicted molar refractivity (Wildman–Crippen MR) is 132 cm³/mol. The standard InChI is InChI=1S/C26H22Cl2FN3O2/c1-16-12-20(13-17(2)25(16)28)34-15-18-6-8-19(9-7-18)26(33)30-24-10-11-32(31-24)14-21-22(27)4-3-5-23(21)29/h3-13H,14-15H2,1-2H3,(H,30,31,33). The Hall–Kier alpha value is -3.35. The van der Waals surface area contributed by atoms with Crippen LogP contribution in [0.1, 0.15) is 32.6 Å². The van der Waals surface area contributed by atoms with Crippen molar-refractivity contribution in [3.8, 4) is 5.75 Å². The van der Waals surface area contributed by atoms with Gasteiger partial charge in [0.25, 0.3) is 5.91 Å². The largest absolute Gasteiger partial charge is 0.489 e. The average molecular weight is 498 g/mol. The number of aromatic nitrogens is 2. The highest BCUT2D eigenvalue weighted by Crippen LogP contribution is 2.26. The van der Waals surface area contributed by atoms with E-state index in [0.717, 1.165) is 27.5 Å². The second kappa shape index (κ2) is 10.3. The van der Waals surface area contributed by atoms with E-state index in [2.05, 4.69) is 10.4 Å². The molecule has 1 heterocycles. The van der Waals surface area contributed by atoms with Crippen LogP contribution in [0, 0.1) is 19.7 Å². The van der Waals surface area contributed by atoms with E-state index in [0.29, 0.717) is 28.6 Å². The van der Waals surface area contributed by atoms with Crippen molar-refractivity contribution in [1.82, 2.24) is 9.78 Å². The van der Waals surface area contributed by atoms with E-state index in [1.54, 1.807) is 36.5 Å². The monoisotopic (exact) mass is 497 g/mol. The van der Waals surface area contributed by atoms with Crippen LogP contribution in [-0.2, 0) is 13.2 Å². The lowest BCUT2D eigenvalue weighted by Gasteiger charge is -2.10. The Morgan fingerprint density at radius 2 is 1.76 bits per heavy atom. The van der Waals surface area contributed by atoms with Gasteiger partial charge >= 0.3 is 0 Å². The van der Waals surface area contributed by atoms with Gasteiger partial charge in [0.15, 0.2) is 5.82 Å². The van der Waals surface area contributed by atoms with Gasteiger partial charge in [0, 0.05) is 33.4 Å². The zero-order valence-corrected chi connectivity index (χ0v) is 20.1. The summed E-state index contributed by atoms with van der Waals surface area (Å²) >= 11 is 12.3. The molecule has 0 unspecified atom stereocenters. The molecule has 0 saturated carbocycles. The van der Waals surface area contributed by atoms with Crippen molar-refractivity contribution < 1.29 is 13.9 Å². The molecule has 1 aromatic heterocycles. The number of rotatable bonds is 7. The second-order valence-corrected chi connectivity index (χ2v) is 8.69. The van der Waals surface area contributed by atoms with Gasteiger partial charge in [0.05, 0.1) is 6.54 Å². The highest BCUT2D eigenvalue weighted by Gasteiger charge is 2.11. The van der Waals surface area contributed by atoms with Crippen LogP contribution in [-0.4, -0.2) is 15.7 Å². The molecule has 4 aromatic rings. The topological polar surface area (TPSA) is 56.1 Å². The summed E-state index contributed by atoms with van der Waals surface area (Å²) in [6.45, 7) is 4.40. The summed E-state index contributed by atoms with van der Waals surface area (Å²) in [6, 6.07) is 17.1. The maximum Gasteiger partial charge on any atom is 0.256 e. The predicted octanol–water partition coefficient (Wildman–Crippen LogP) is 6.83. The molecule has 3 aromatic carbocycles. The van der Waals surface area contributed by atoms with E-state index in [4.69, 9.17) is 27.9 Å². The number of halogens is 3. The Bertz CT molecular complexity index is 1290. The third-order valence-corrected chi connectivity index (χ3v) is 6.25. The lowest BCUT2D eigenvalue weighted by molar-refractivity contribution is 0.102. The van der Waals surface area contributed by atoms with Crippen LogP contribution in [0.2, 0.25) is 10.0 Å². The quantitative estimate of drug-likeness (QED) is 0.304. The van der Waals surface area contributed by atoms with Gasteiger partial charge in [-0.05, 0) is 66.9 Å². The first-order valence-corrected chi connectivity index (χ1v) is 11.3. The summed E-state index contributed by atoms with van der Waals surface area (Å²) in [5.41, 5.74) is 3.67. The normalized spacial score (nSPS) is 10.9. The summed E-state index contributed by atoms with van der Waals surface area (Å²) in [4.78, 5) is 12.6. The molecule has 0 aliphatic carbocycles. The van der Waals surface area contributed by atoms with Gasteiger partial charge in [-0.15, -0.1) is 0 Å². The summed E-state index contributed by atoms with van der Waals surface area (Å²) < 4.78 is 21.4. The molecule has 0 atom stereocenters. The summed E-state index contributed by atoms with van der Waals surface area (Å²) in [5, 5.41) is 8.10. The number of anilines is 1. The maximum absolute atomic E-state index is 14.0. The zero-order chi connectivity index (χ0) is 24.2. The second-order valence-electron chi connectivity index (χ2n) is 7.91. The molecule has 5 nitrogen and oxygen atoms in total. The highest BCUT2D eigenvalue weighted by molar-refractivity contribution is 6.32. The van der Waals surface area contributed by atoms with Crippen molar-refractivity contribution in [2.75, 3.05) is 5.32 Å². The molecule has 174 valence electrons. The molecule has 1 N–H and O–H groups in total. The van der Waals surface area contributed by atoms with Gasteiger partial charge in [-0.2, -0.15) is 5.10 Å². The molecule has 0 aliphatic rings. The van der Waals surface area contributed by atoms with Crippen molar-refractivity contribution in [2.45, 2.75) is 27.0 Å². The Kier molecular flexibility index (Phi) is 7.20. The Balaban J connectivity index is 1.35. The molecule has 0 radical (unpaired) electrons. The van der Waals surface area contributed by atoms with Crippen LogP contribution in [0.15, 0.2) is 66.9 Å².